The number of halogens is 1. The number of amidine groups is 1. The van der Waals surface area contributed by atoms with Crippen molar-refractivity contribution in [3.63, 3.8) is 0 Å². The maximum Gasteiger partial charge on any atom is 0.289 e. The van der Waals surface area contributed by atoms with Crippen LogP contribution in [-0.2, 0) is 16.2 Å². The number of hydrogen-bond donors (Lipinski definition) is 2. The van der Waals surface area contributed by atoms with E-state index >= 15 is 0 Å². The molecule has 10 heteroatoms. The van der Waals surface area contributed by atoms with Crippen LogP contribution in [0.4, 0.5) is 11.4 Å². The number of piperidine rings is 1. The smallest absolute Gasteiger partial charge is 0.289 e. The zero-order valence-corrected chi connectivity index (χ0v) is 17.7. The highest BCUT2D eigenvalue weighted by atomic mass is 35.5. The minimum absolute atomic E-state index is 0.0140. The van der Waals surface area contributed by atoms with Crippen LogP contribution in [0, 0.1) is 10.1 Å². The van der Waals surface area contributed by atoms with E-state index in [2.05, 4.69) is 15.4 Å². The number of benzene rings is 2. The maximum absolute atomic E-state index is 12.1. The Hall–Kier alpha value is -3.17. The molecule has 1 amide bonds. The van der Waals surface area contributed by atoms with Crippen molar-refractivity contribution in [3.05, 3.63) is 68.7 Å². The molecule has 1 saturated heterocycles. The molecule has 9 nitrogen and oxygen atoms in total. The Morgan fingerprint density at radius 2 is 1.97 bits per heavy atom. The number of rotatable bonds is 8. The summed E-state index contributed by atoms with van der Waals surface area (Å²) in [5.74, 6) is -0.350. The predicted octanol–water partition coefficient (Wildman–Crippen LogP) is 3.51. The zero-order chi connectivity index (χ0) is 22.2. The first-order valence-electron chi connectivity index (χ1n) is 9.94. The monoisotopic (exact) mass is 445 g/mol. The number of likely N-dealkylation sites (tertiary alicyclic amines) is 1. The molecular formula is C21H24ClN5O4. The van der Waals surface area contributed by atoms with Gasteiger partial charge in [-0.15, -0.1) is 0 Å². The minimum Gasteiger partial charge on any atom is -0.384 e. The Balaban J connectivity index is 1.58. The van der Waals surface area contributed by atoms with Crippen molar-refractivity contribution in [2.45, 2.75) is 25.8 Å². The zero-order valence-electron chi connectivity index (χ0n) is 16.9. The molecule has 0 saturated carbocycles. The molecule has 1 aliphatic heterocycles. The largest absolute Gasteiger partial charge is 0.384 e. The lowest BCUT2D eigenvalue weighted by Crippen LogP contribution is -2.30. The van der Waals surface area contributed by atoms with Crippen LogP contribution >= 0.6 is 11.6 Å². The summed E-state index contributed by atoms with van der Waals surface area (Å²) in [6.07, 6.45) is 3.66. The van der Waals surface area contributed by atoms with E-state index in [1.54, 1.807) is 0 Å². The fraction of sp³-hybridized carbons (Fsp3) is 0.333. The number of hydrogen-bond acceptors (Lipinski definition) is 6. The Labute approximate surface area is 184 Å². The molecule has 1 heterocycles. The van der Waals surface area contributed by atoms with Gasteiger partial charge in [-0.25, -0.2) is 0 Å². The maximum atomic E-state index is 12.1. The van der Waals surface area contributed by atoms with Gasteiger partial charge >= 0.3 is 0 Å². The predicted molar refractivity (Wildman–Crippen MR) is 119 cm³/mol. The number of anilines is 1. The van der Waals surface area contributed by atoms with Crippen LogP contribution in [0.25, 0.3) is 0 Å². The highest BCUT2D eigenvalue weighted by Crippen LogP contribution is 2.27. The van der Waals surface area contributed by atoms with Gasteiger partial charge in [0.1, 0.15) is 5.02 Å². The minimum atomic E-state index is -0.624. The third-order valence-corrected chi connectivity index (χ3v) is 5.24. The highest BCUT2D eigenvalue weighted by Gasteiger charge is 2.15. The average molecular weight is 446 g/mol. The van der Waals surface area contributed by atoms with Crippen molar-refractivity contribution >= 4 is 34.7 Å². The molecule has 0 unspecified atom stereocenters. The number of nitrogens with two attached hydrogens (primary N) is 1. The van der Waals surface area contributed by atoms with E-state index in [-0.39, 0.29) is 22.2 Å². The number of carbonyl (C=O) groups is 1. The van der Waals surface area contributed by atoms with E-state index in [4.69, 9.17) is 22.2 Å². The van der Waals surface area contributed by atoms with Crippen molar-refractivity contribution in [1.29, 1.82) is 0 Å². The van der Waals surface area contributed by atoms with Gasteiger partial charge in [0.15, 0.2) is 12.4 Å². The van der Waals surface area contributed by atoms with Gasteiger partial charge in [0.25, 0.3) is 11.6 Å². The lowest BCUT2D eigenvalue weighted by molar-refractivity contribution is -0.384. The molecule has 2 aromatic carbocycles. The average Bonchev–Trinajstić information content (AvgIpc) is 2.76. The molecule has 3 rings (SSSR count). The molecule has 0 atom stereocenters. The van der Waals surface area contributed by atoms with E-state index in [9.17, 15) is 14.9 Å². The Morgan fingerprint density at radius 1 is 1.23 bits per heavy atom. The van der Waals surface area contributed by atoms with Crippen LogP contribution in [-0.4, -0.2) is 41.3 Å². The molecule has 1 aliphatic rings. The topological polar surface area (TPSA) is 123 Å². The first kappa shape index (κ1) is 22.5. The molecule has 0 aromatic heterocycles. The standard InChI is InChI=1S/C21H24ClN5O4/c22-18-9-8-16(12-19(18)27(29)30)24-20(28)14-31-25-21(23)17-7-3-2-6-15(17)13-26-10-4-1-5-11-26/h2-3,6-9,12H,1,4-5,10-11,13-14H2,(H2,23,25)(H,24,28). The molecule has 0 spiro atoms. The van der Waals surface area contributed by atoms with Crippen molar-refractivity contribution in [1.82, 2.24) is 4.90 Å². The molecule has 31 heavy (non-hydrogen) atoms. The van der Waals surface area contributed by atoms with Crippen LogP contribution in [0.2, 0.25) is 5.02 Å². The van der Waals surface area contributed by atoms with Crippen LogP contribution in [0.3, 0.4) is 0 Å². The number of nitrogens with zero attached hydrogens (tertiary/aromatic N) is 3. The molecule has 0 aliphatic carbocycles. The second kappa shape index (κ2) is 10.7. The molecule has 0 bridgehead atoms. The number of oxime groups is 1. The summed E-state index contributed by atoms with van der Waals surface area (Å²) in [6, 6.07) is 11.7. The summed E-state index contributed by atoms with van der Waals surface area (Å²) < 4.78 is 0. The van der Waals surface area contributed by atoms with E-state index < -0.39 is 17.4 Å². The van der Waals surface area contributed by atoms with Crippen molar-refractivity contribution < 1.29 is 14.6 Å². The molecule has 1 fully saturated rings. The third kappa shape index (κ3) is 6.40. The second-order valence-electron chi connectivity index (χ2n) is 7.22. The third-order valence-electron chi connectivity index (χ3n) is 4.92. The number of nitro benzene ring substituents is 1. The summed E-state index contributed by atoms with van der Waals surface area (Å²) in [5, 5.41) is 17.3. The van der Waals surface area contributed by atoms with Crippen molar-refractivity contribution in [2.24, 2.45) is 10.9 Å². The van der Waals surface area contributed by atoms with Gasteiger partial charge in [-0.05, 0) is 43.6 Å². The Kier molecular flexibility index (Phi) is 7.80. The first-order chi connectivity index (χ1) is 14.9. The van der Waals surface area contributed by atoms with Crippen molar-refractivity contribution in [3.8, 4) is 0 Å². The fourth-order valence-electron chi connectivity index (χ4n) is 3.40. The van der Waals surface area contributed by atoms with E-state index in [0.717, 1.165) is 30.8 Å². The number of nitrogens with one attached hydrogen (secondary N) is 1. The van der Waals surface area contributed by atoms with Gasteiger partial charge in [0.05, 0.1) is 4.92 Å². The van der Waals surface area contributed by atoms with Crippen LogP contribution in [0.1, 0.15) is 30.4 Å². The summed E-state index contributed by atoms with van der Waals surface area (Å²) in [4.78, 5) is 29.9. The fourth-order valence-corrected chi connectivity index (χ4v) is 3.59. The quantitative estimate of drug-likeness (QED) is 0.277. The van der Waals surface area contributed by atoms with Crippen molar-refractivity contribution in [2.75, 3.05) is 25.0 Å². The van der Waals surface area contributed by atoms with Gasteiger partial charge in [0, 0.05) is 23.9 Å². The number of amides is 1. The highest BCUT2D eigenvalue weighted by molar-refractivity contribution is 6.32. The molecule has 3 N–H and O–H groups in total. The van der Waals surface area contributed by atoms with Gasteiger partial charge in [0.2, 0.25) is 0 Å². The Bertz CT molecular complexity index is 976. The van der Waals surface area contributed by atoms with Crippen LogP contribution in [0.5, 0.6) is 0 Å². The van der Waals surface area contributed by atoms with Gasteiger partial charge < -0.3 is 15.9 Å². The molecule has 164 valence electrons. The summed E-state index contributed by atoms with van der Waals surface area (Å²) in [5.41, 5.74) is 7.84. The molecular weight excluding hydrogens is 422 g/mol. The second-order valence-corrected chi connectivity index (χ2v) is 7.62. The van der Waals surface area contributed by atoms with E-state index in [0.29, 0.717) is 0 Å². The molecule has 2 aromatic rings. The van der Waals surface area contributed by atoms with Gasteiger partial charge in [-0.1, -0.05) is 47.4 Å². The van der Waals surface area contributed by atoms with Gasteiger partial charge in [-0.3, -0.25) is 19.8 Å². The SMILES string of the molecule is N/C(=N\OCC(=O)Nc1ccc(Cl)c([N+](=O)[O-])c1)c1ccccc1CN1CCCCC1. The lowest BCUT2D eigenvalue weighted by Gasteiger charge is -2.27. The van der Waals surface area contributed by atoms with Gasteiger partial charge in [-0.2, -0.15) is 0 Å². The van der Waals surface area contributed by atoms with E-state index in [1.807, 2.05) is 24.3 Å². The van der Waals surface area contributed by atoms with Crippen LogP contribution in [0.15, 0.2) is 47.6 Å². The number of nitro groups is 1. The molecule has 0 radical (unpaired) electrons. The first-order valence-corrected chi connectivity index (χ1v) is 10.3. The van der Waals surface area contributed by atoms with E-state index in [1.165, 1.54) is 37.5 Å². The lowest BCUT2D eigenvalue weighted by atomic mass is 10.0. The summed E-state index contributed by atoms with van der Waals surface area (Å²) in [6.45, 7) is 2.50. The number of carbonyl (C=O) groups excluding carboxylic acids is 1. The summed E-state index contributed by atoms with van der Waals surface area (Å²) >= 11 is 5.76. The van der Waals surface area contributed by atoms with Crippen LogP contribution < -0.4 is 11.1 Å². The summed E-state index contributed by atoms with van der Waals surface area (Å²) in [7, 11) is 0. The Morgan fingerprint density at radius 3 is 2.71 bits per heavy atom. The normalized spacial score (nSPS) is 14.8.